The van der Waals surface area contributed by atoms with E-state index < -0.39 is 11.2 Å². The molecule has 1 fully saturated rings. The largest absolute Gasteiger partial charge is 0.494 e. The normalized spacial score (nSPS) is 26.9. The van der Waals surface area contributed by atoms with E-state index in [1.807, 2.05) is 13.8 Å². The number of ether oxygens (including phenoxy) is 1. The minimum Gasteiger partial charge on any atom is -0.494 e. The maximum Gasteiger partial charge on any atom is 0.205 e. The molecule has 2 atom stereocenters. The van der Waals surface area contributed by atoms with Crippen molar-refractivity contribution < 1.29 is 14.9 Å². The molecule has 4 heterocycles. The number of rotatable bonds is 1. The van der Waals surface area contributed by atoms with Crippen molar-refractivity contribution in [2.24, 2.45) is 0 Å². The predicted octanol–water partition coefficient (Wildman–Crippen LogP) is 3.02. The summed E-state index contributed by atoms with van der Waals surface area (Å²) in [6.07, 6.45) is 1.57. The first-order valence-electron chi connectivity index (χ1n) is 7.93. The van der Waals surface area contributed by atoms with Crippen molar-refractivity contribution in [3.63, 3.8) is 0 Å². The maximum absolute atomic E-state index is 10.9. The molecule has 1 aromatic carbocycles. The summed E-state index contributed by atoms with van der Waals surface area (Å²) >= 11 is 0.993. The molecule has 2 unspecified atom stereocenters. The lowest BCUT2D eigenvalue weighted by Gasteiger charge is -2.21. The Hall–Kier alpha value is -2.63. The lowest BCUT2D eigenvalue weighted by atomic mass is 9.80. The molecule has 2 aliphatic heterocycles. The lowest BCUT2D eigenvalue weighted by molar-refractivity contribution is -0.0683. The van der Waals surface area contributed by atoms with Gasteiger partial charge in [0.25, 0.3) is 0 Å². The summed E-state index contributed by atoms with van der Waals surface area (Å²) in [6, 6.07) is 5.38. The Bertz CT molecular complexity index is 1070. The first-order valence-corrected chi connectivity index (χ1v) is 8.66. The fourth-order valence-corrected chi connectivity index (χ4v) is 4.90. The van der Waals surface area contributed by atoms with Gasteiger partial charge >= 0.3 is 0 Å². The van der Waals surface area contributed by atoms with Crippen LogP contribution < -0.4 is 0 Å². The number of aromatic hydroxyl groups is 2. The van der Waals surface area contributed by atoms with Gasteiger partial charge in [-0.1, -0.05) is 0 Å². The lowest BCUT2D eigenvalue weighted by Crippen LogP contribution is -2.17. The van der Waals surface area contributed by atoms with Gasteiger partial charge in [0.15, 0.2) is 0 Å². The van der Waals surface area contributed by atoms with Crippen LogP contribution in [0.15, 0.2) is 12.1 Å². The molecule has 2 N–H and O–H groups in total. The second kappa shape index (κ2) is 4.31. The van der Waals surface area contributed by atoms with Crippen LogP contribution in [0.5, 0.6) is 11.8 Å². The van der Waals surface area contributed by atoms with Gasteiger partial charge in [0.2, 0.25) is 11.8 Å². The summed E-state index contributed by atoms with van der Waals surface area (Å²) < 4.78 is 15.9. The molecule has 25 heavy (non-hydrogen) atoms. The fourth-order valence-electron chi connectivity index (χ4n) is 4.33. The van der Waals surface area contributed by atoms with Crippen molar-refractivity contribution in [2.45, 2.75) is 37.9 Å². The van der Waals surface area contributed by atoms with Gasteiger partial charge in [-0.05, 0) is 38.8 Å². The zero-order valence-corrected chi connectivity index (χ0v) is 14.4. The summed E-state index contributed by atoms with van der Waals surface area (Å²) in [5.41, 5.74) is 1.92. The van der Waals surface area contributed by atoms with Crippen molar-refractivity contribution >= 4 is 22.8 Å². The quantitative estimate of drug-likeness (QED) is 0.696. The van der Waals surface area contributed by atoms with E-state index in [-0.39, 0.29) is 11.8 Å². The molecule has 0 radical (unpaired) electrons. The van der Waals surface area contributed by atoms with Crippen molar-refractivity contribution in [1.82, 2.24) is 13.3 Å². The van der Waals surface area contributed by atoms with E-state index in [0.29, 0.717) is 33.4 Å². The van der Waals surface area contributed by atoms with Crippen molar-refractivity contribution in [3.8, 4) is 23.5 Å². The monoisotopic (exact) mass is 354 g/mol. The first kappa shape index (κ1) is 14.7. The Labute approximate surface area is 147 Å². The van der Waals surface area contributed by atoms with Crippen LogP contribution in [0.25, 0.3) is 16.7 Å². The second-order valence-corrected chi connectivity index (χ2v) is 7.53. The van der Waals surface area contributed by atoms with Crippen LogP contribution in [-0.2, 0) is 15.9 Å². The average molecular weight is 354 g/mol. The third-order valence-corrected chi connectivity index (χ3v) is 5.99. The molecule has 126 valence electrons. The van der Waals surface area contributed by atoms with Gasteiger partial charge in [-0.3, -0.25) is 0 Å². The van der Waals surface area contributed by atoms with Crippen molar-refractivity contribution in [3.05, 3.63) is 28.8 Å². The number of benzene rings is 1. The summed E-state index contributed by atoms with van der Waals surface area (Å²) in [5, 5.41) is 31.1. The SMILES string of the molecule is CC12CCC(C)(O1)c1c2c(O)n(-c2ccc(C#N)c3nsnc23)c1O. The van der Waals surface area contributed by atoms with Gasteiger partial charge in [-0.2, -0.15) is 14.0 Å². The molecular formula is C17H14N4O3S. The highest BCUT2D eigenvalue weighted by molar-refractivity contribution is 7.00. The van der Waals surface area contributed by atoms with Crippen LogP contribution in [0.4, 0.5) is 0 Å². The number of hydrogen-bond donors (Lipinski definition) is 2. The van der Waals surface area contributed by atoms with Crippen molar-refractivity contribution in [1.29, 1.82) is 5.26 Å². The van der Waals surface area contributed by atoms with Gasteiger partial charge in [-0.15, -0.1) is 0 Å². The Morgan fingerprint density at radius 1 is 1.12 bits per heavy atom. The average Bonchev–Trinajstić information content (AvgIpc) is 3.28. The maximum atomic E-state index is 10.9. The van der Waals surface area contributed by atoms with Gasteiger partial charge in [0.05, 0.1) is 45.3 Å². The van der Waals surface area contributed by atoms with E-state index in [4.69, 9.17) is 4.74 Å². The molecule has 0 aliphatic carbocycles. The highest BCUT2D eigenvalue weighted by Gasteiger charge is 2.59. The highest BCUT2D eigenvalue weighted by atomic mass is 32.1. The molecular weight excluding hydrogens is 340 g/mol. The predicted molar refractivity (Wildman–Crippen MR) is 89.8 cm³/mol. The molecule has 1 saturated heterocycles. The molecule has 5 rings (SSSR count). The second-order valence-electron chi connectivity index (χ2n) is 7.00. The minimum absolute atomic E-state index is 0.0440. The number of hydrogen-bond acceptors (Lipinski definition) is 7. The van der Waals surface area contributed by atoms with Gasteiger partial charge in [0.1, 0.15) is 17.1 Å². The number of nitriles is 1. The van der Waals surface area contributed by atoms with Gasteiger partial charge in [-0.25, -0.2) is 4.57 Å². The Balaban J connectivity index is 1.85. The molecule has 2 bridgehead atoms. The van der Waals surface area contributed by atoms with E-state index in [2.05, 4.69) is 14.8 Å². The molecule has 0 saturated carbocycles. The molecule has 3 aromatic rings. The van der Waals surface area contributed by atoms with Crippen LogP contribution in [0, 0.1) is 11.3 Å². The minimum atomic E-state index is -0.608. The Morgan fingerprint density at radius 3 is 2.32 bits per heavy atom. The third-order valence-electron chi connectivity index (χ3n) is 5.46. The van der Waals surface area contributed by atoms with Crippen LogP contribution in [0.1, 0.15) is 43.4 Å². The van der Waals surface area contributed by atoms with Crippen molar-refractivity contribution in [2.75, 3.05) is 0 Å². The molecule has 7 nitrogen and oxygen atoms in total. The Kier molecular flexibility index (Phi) is 2.53. The fraction of sp³-hybridized carbons (Fsp3) is 0.353. The zero-order chi connectivity index (χ0) is 17.6. The number of fused-ring (bicyclic) bond motifs is 6. The molecule has 2 aliphatic rings. The Morgan fingerprint density at radius 2 is 1.72 bits per heavy atom. The zero-order valence-electron chi connectivity index (χ0n) is 13.6. The van der Waals surface area contributed by atoms with E-state index >= 15 is 0 Å². The van der Waals surface area contributed by atoms with E-state index in [9.17, 15) is 15.5 Å². The third kappa shape index (κ3) is 1.57. The van der Waals surface area contributed by atoms with Crippen LogP contribution >= 0.6 is 11.7 Å². The smallest absolute Gasteiger partial charge is 0.205 e. The molecule has 0 amide bonds. The summed E-state index contributed by atoms with van der Waals surface area (Å²) in [7, 11) is 0. The van der Waals surface area contributed by atoms with Crippen LogP contribution in [-0.4, -0.2) is 23.5 Å². The topological polar surface area (TPSA) is 104 Å². The summed E-state index contributed by atoms with van der Waals surface area (Å²) in [5.74, 6) is -0.0881. The van der Waals surface area contributed by atoms with Crippen LogP contribution in [0.3, 0.4) is 0 Å². The number of aromatic nitrogens is 3. The molecule has 8 heteroatoms. The molecule has 0 spiro atoms. The molecule has 2 aromatic heterocycles. The van der Waals surface area contributed by atoms with Gasteiger partial charge in [0, 0.05) is 0 Å². The first-order chi connectivity index (χ1) is 11.9. The summed E-state index contributed by atoms with van der Waals surface area (Å²) in [4.78, 5) is 0. The van der Waals surface area contributed by atoms with E-state index in [0.717, 1.165) is 24.6 Å². The standard InChI is InChI=1S/C17H14N4O3S/c1-16-5-6-17(2,24-16)11-10(16)14(22)21(15(11)23)9-4-3-8(7-18)12-13(9)20-25-19-12/h3-4,22-23H,5-6H2,1-2H3. The van der Waals surface area contributed by atoms with E-state index in [1.54, 1.807) is 12.1 Å². The summed E-state index contributed by atoms with van der Waals surface area (Å²) in [6.45, 7) is 3.87. The number of nitrogens with zero attached hydrogens (tertiary/aromatic N) is 4. The highest BCUT2D eigenvalue weighted by Crippen LogP contribution is 2.64. The van der Waals surface area contributed by atoms with Gasteiger partial charge < -0.3 is 14.9 Å². The van der Waals surface area contributed by atoms with Crippen LogP contribution in [0.2, 0.25) is 0 Å². The van der Waals surface area contributed by atoms with E-state index in [1.165, 1.54) is 4.57 Å².